The molecule has 0 aliphatic carbocycles. The van der Waals surface area contributed by atoms with Crippen molar-refractivity contribution >= 4 is 35.5 Å². The molecular formula is C17H16FN7OS. The quantitative estimate of drug-likeness (QED) is 0.249. The lowest BCUT2D eigenvalue weighted by atomic mass is 10.2. The fourth-order valence-electron chi connectivity index (χ4n) is 2.05. The normalized spacial score (nSPS) is 10.9. The van der Waals surface area contributed by atoms with E-state index in [1.165, 1.54) is 22.9 Å². The average Bonchev–Trinajstić information content (AvgIpc) is 3.01. The molecule has 8 nitrogen and oxygen atoms in total. The summed E-state index contributed by atoms with van der Waals surface area (Å²) < 4.78 is 14.3. The van der Waals surface area contributed by atoms with Gasteiger partial charge in [-0.3, -0.25) is 4.79 Å². The van der Waals surface area contributed by atoms with Crippen LogP contribution >= 0.6 is 11.8 Å². The molecule has 0 saturated carbocycles. The zero-order valence-electron chi connectivity index (χ0n) is 14.0. The van der Waals surface area contributed by atoms with Gasteiger partial charge in [0.1, 0.15) is 5.82 Å². The van der Waals surface area contributed by atoms with Gasteiger partial charge >= 0.3 is 0 Å². The summed E-state index contributed by atoms with van der Waals surface area (Å²) in [6.45, 7) is 0. The maximum absolute atomic E-state index is 13.1. The molecule has 0 atom stereocenters. The molecule has 4 N–H and O–H groups in total. The second-order valence-corrected chi connectivity index (χ2v) is 6.25. The maximum atomic E-state index is 13.1. The minimum Gasteiger partial charge on any atom is -0.334 e. The van der Waals surface area contributed by atoms with E-state index in [0.29, 0.717) is 10.8 Å². The number of hydrazone groups is 1. The minimum absolute atomic E-state index is 0.0408. The second kappa shape index (κ2) is 8.81. The minimum atomic E-state index is -0.422. The van der Waals surface area contributed by atoms with E-state index in [1.54, 1.807) is 12.3 Å². The van der Waals surface area contributed by atoms with Gasteiger partial charge in [-0.25, -0.2) is 14.5 Å². The van der Waals surface area contributed by atoms with E-state index in [1.807, 2.05) is 30.3 Å². The lowest BCUT2D eigenvalue weighted by Crippen LogP contribution is -2.17. The molecule has 27 heavy (non-hydrogen) atoms. The van der Waals surface area contributed by atoms with E-state index in [9.17, 15) is 9.18 Å². The van der Waals surface area contributed by atoms with Gasteiger partial charge in [0, 0.05) is 5.69 Å². The lowest BCUT2D eigenvalue weighted by molar-refractivity contribution is -0.113. The number of aromatic nitrogens is 3. The first-order chi connectivity index (χ1) is 13.1. The fraction of sp³-hybridized carbons (Fsp3) is 0.0588. The number of nitrogens with one attached hydrogen (secondary N) is 2. The molecule has 2 aromatic carbocycles. The van der Waals surface area contributed by atoms with Crippen LogP contribution in [0.5, 0.6) is 0 Å². The van der Waals surface area contributed by atoms with E-state index in [2.05, 4.69) is 26.0 Å². The van der Waals surface area contributed by atoms with Crippen molar-refractivity contribution in [1.82, 2.24) is 14.9 Å². The Labute approximate surface area is 158 Å². The third-order valence-electron chi connectivity index (χ3n) is 3.28. The van der Waals surface area contributed by atoms with Crippen molar-refractivity contribution in [1.29, 1.82) is 0 Å². The molecule has 0 bridgehead atoms. The van der Waals surface area contributed by atoms with Crippen molar-refractivity contribution in [3.05, 3.63) is 66.0 Å². The van der Waals surface area contributed by atoms with Crippen LogP contribution < -0.4 is 16.6 Å². The Hall–Kier alpha value is -3.40. The van der Waals surface area contributed by atoms with Gasteiger partial charge in [-0.1, -0.05) is 48.2 Å². The lowest BCUT2D eigenvalue weighted by Gasteiger charge is -2.05. The SMILES string of the molecule is Nn1c(N/N=C/c2ccccc2)nnc1SCC(=O)Nc1cccc(F)c1. The molecule has 0 aliphatic heterocycles. The van der Waals surface area contributed by atoms with Crippen molar-refractivity contribution in [3.8, 4) is 0 Å². The Morgan fingerprint density at radius 3 is 2.81 bits per heavy atom. The number of hydrogen-bond donors (Lipinski definition) is 3. The average molecular weight is 385 g/mol. The number of benzene rings is 2. The predicted octanol–water partition coefficient (Wildman–Crippen LogP) is 2.31. The van der Waals surface area contributed by atoms with Crippen LogP contribution in [0.15, 0.2) is 64.9 Å². The van der Waals surface area contributed by atoms with Crippen LogP contribution in [-0.4, -0.2) is 32.7 Å². The summed E-state index contributed by atoms with van der Waals surface area (Å²) in [5.74, 6) is 5.43. The Morgan fingerprint density at radius 1 is 1.22 bits per heavy atom. The summed E-state index contributed by atoms with van der Waals surface area (Å²) in [7, 11) is 0. The molecule has 0 saturated heterocycles. The number of nitrogens with two attached hydrogens (primary N) is 1. The molecule has 0 radical (unpaired) electrons. The van der Waals surface area contributed by atoms with Gasteiger partial charge in [0.25, 0.3) is 5.95 Å². The van der Waals surface area contributed by atoms with Crippen LogP contribution in [0.2, 0.25) is 0 Å². The van der Waals surface area contributed by atoms with E-state index in [-0.39, 0.29) is 17.6 Å². The maximum Gasteiger partial charge on any atom is 0.264 e. The Balaban J connectivity index is 1.52. The highest BCUT2D eigenvalue weighted by Crippen LogP contribution is 2.17. The van der Waals surface area contributed by atoms with E-state index >= 15 is 0 Å². The summed E-state index contributed by atoms with van der Waals surface area (Å²) >= 11 is 1.10. The Bertz CT molecular complexity index is 945. The highest BCUT2D eigenvalue weighted by molar-refractivity contribution is 7.99. The van der Waals surface area contributed by atoms with Crippen LogP contribution in [-0.2, 0) is 4.79 Å². The van der Waals surface area contributed by atoms with Crippen LogP contribution in [0.25, 0.3) is 0 Å². The molecule has 0 spiro atoms. The highest BCUT2D eigenvalue weighted by Gasteiger charge is 2.12. The van der Waals surface area contributed by atoms with Crippen LogP contribution in [0.1, 0.15) is 5.56 Å². The molecule has 1 aromatic heterocycles. The first kappa shape index (κ1) is 18.4. The van der Waals surface area contributed by atoms with E-state index in [0.717, 1.165) is 17.3 Å². The first-order valence-corrected chi connectivity index (χ1v) is 8.83. The largest absolute Gasteiger partial charge is 0.334 e. The molecule has 0 unspecified atom stereocenters. The number of carbonyl (C=O) groups is 1. The molecule has 3 aromatic rings. The number of nitrogen functional groups attached to an aromatic ring is 1. The standard InChI is InChI=1S/C17H16FN7OS/c18-13-7-4-8-14(9-13)21-15(26)11-27-17-24-23-16(25(17)19)22-20-10-12-5-2-1-3-6-12/h1-10H,11,19H2,(H,21,26)(H,22,23)/b20-10+. The van der Waals surface area contributed by atoms with Crippen molar-refractivity contribution in [2.45, 2.75) is 5.16 Å². The third kappa shape index (κ3) is 5.28. The number of anilines is 2. The summed E-state index contributed by atoms with van der Waals surface area (Å²) in [6.07, 6.45) is 1.62. The van der Waals surface area contributed by atoms with E-state index in [4.69, 9.17) is 5.84 Å². The van der Waals surface area contributed by atoms with Gasteiger partial charge in [0.15, 0.2) is 0 Å². The molecule has 138 valence electrons. The van der Waals surface area contributed by atoms with Crippen LogP contribution in [0.3, 0.4) is 0 Å². The number of hydrogen-bond acceptors (Lipinski definition) is 7. The van der Waals surface area contributed by atoms with Crippen LogP contribution in [0.4, 0.5) is 16.0 Å². The number of amides is 1. The molecule has 3 rings (SSSR count). The van der Waals surface area contributed by atoms with E-state index < -0.39 is 5.82 Å². The second-order valence-electron chi connectivity index (χ2n) is 5.30. The van der Waals surface area contributed by atoms with Crippen molar-refractivity contribution < 1.29 is 9.18 Å². The number of rotatable bonds is 7. The van der Waals surface area contributed by atoms with Crippen LogP contribution in [0, 0.1) is 5.82 Å². The number of halogens is 1. The fourth-order valence-corrected chi connectivity index (χ4v) is 2.71. The molecular weight excluding hydrogens is 369 g/mol. The monoisotopic (exact) mass is 385 g/mol. The third-order valence-corrected chi connectivity index (χ3v) is 4.23. The number of carbonyl (C=O) groups excluding carboxylic acids is 1. The number of nitrogens with zero attached hydrogens (tertiary/aromatic N) is 4. The predicted molar refractivity (Wildman–Crippen MR) is 104 cm³/mol. The summed E-state index contributed by atoms with van der Waals surface area (Å²) in [6, 6.07) is 15.2. The van der Waals surface area contributed by atoms with Gasteiger partial charge < -0.3 is 11.2 Å². The molecule has 0 aliphatic rings. The Kier molecular flexibility index (Phi) is 6.00. The van der Waals surface area contributed by atoms with Gasteiger partial charge in [0.2, 0.25) is 11.1 Å². The summed E-state index contributed by atoms with van der Waals surface area (Å²) in [5, 5.41) is 14.8. The zero-order valence-corrected chi connectivity index (χ0v) is 14.9. The van der Waals surface area contributed by atoms with Gasteiger partial charge in [-0.05, 0) is 23.8 Å². The highest BCUT2D eigenvalue weighted by atomic mass is 32.2. The molecule has 1 amide bonds. The Morgan fingerprint density at radius 2 is 2.04 bits per heavy atom. The molecule has 1 heterocycles. The smallest absolute Gasteiger partial charge is 0.264 e. The van der Waals surface area contributed by atoms with Crippen molar-refractivity contribution in [2.24, 2.45) is 5.10 Å². The molecule has 10 heteroatoms. The van der Waals surface area contributed by atoms with Crippen molar-refractivity contribution in [2.75, 3.05) is 22.3 Å². The van der Waals surface area contributed by atoms with Gasteiger partial charge in [-0.2, -0.15) is 5.10 Å². The van der Waals surface area contributed by atoms with Gasteiger partial charge in [-0.15, -0.1) is 10.2 Å². The number of thioether (sulfide) groups is 1. The summed E-state index contributed by atoms with van der Waals surface area (Å²) in [4.78, 5) is 12.0. The first-order valence-electron chi connectivity index (χ1n) is 7.84. The summed E-state index contributed by atoms with van der Waals surface area (Å²) in [5.41, 5.74) is 3.99. The topological polar surface area (TPSA) is 110 Å². The van der Waals surface area contributed by atoms with Crippen molar-refractivity contribution in [3.63, 3.8) is 0 Å². The molecule has 0 fully saturated rings. The zero-order chi connectivity index (χ0) is 19.1. The van der Waals surface area contributed by atoms with Gasteiger partial charge in [0.05, 0.1) is 12.0 Å².